The Morgan fingerprint density at radius 1 is 1.36 bits per heavy atom. The Morgan fingerprint density at radius 3 is 3.14 bits per heavy atom. The third-order valence-electron chi connectivity index (χ3n) is 5.62. The minimum Gasteiger partial charge on any atom is -0.471 e. The zero-order valence-corrected chi connectivity index (χ0v) is 16.2. The SMILES string of the molecule is O=C(CC1CSc2nc3c(c(=O)n21)CCC3)N1CCC(Oc2cccnn2)C1. The van der Waals surface area contributed by atoms with Crippen molar-refractivity contribution in [1.29, 1.82) is 0 Å². The fraction of sp³-hybridized carbons (Fsp3) is 0.526. The Kier molecular flexibility index (Phi) is 4.54. The lowest BCUT2D eigenvalue weighted by Gasteiger charge is -2.20. The van der Waals surface area contributed by atoms with Gasteiger partial charge in [-0.2, -0.15) is 5.10 Å². The summed E-state index contributed by atoms with van der Waals surface area (Å²) in [4.78, 5) is 32.2. The van der Waals surface area contributed by atoms with Crippen LogP contribution >= 0.6 is 11.8 Å². The molecule has 0 spiro atoms. The van der Waals surface area contributed by atoms with Crippen LogP contribution in [0.5, 0.6) is 5.88 Å². The maximum atomic E-state index is 12.9. The van der Waals surface area contributed by atoms with Crippen molar-refractivity contribution in [2.75, 3.05) is 18.8 Å². The van der Waals surface area contributed by atoms with Gasteiger partial charge in [0.25, 0.3) is 5.56 Å². The van der Waals surface area contributed by atoms with Gasteiger partial charge in [0.1, 0.15) is 6.10 Å². The van der Waals surface area contributed by atoms with Gasteiger partial charge >= 0.3 is 0 Å². The lowest BCUT2D eigenvalue weighted by atomic mass is 10.2. The van der Waals surface area contributed by atoms with Gasteiger partial charge in [0.05, 0.1) is 18.3 Å². The summed E-state index contributed by atoms with van der Waals surface area (Å²) in [5.74, 6) is 1.27. The third kappa shape index (κ3) is 3.17. The zero-order valence-electron chi connectivity index (χ0n) is 15.4. The van der Waals surface area contributed by atoms with Gasteiger partial charge in [-0.25, -0.2) is 4.98 Å². The molecule has 5 rings (SSSR count). The Balaban J connectivity index is 1.25. The van der Waals surface area contributed by atoms with Gasteiger partial charge < -0.3 is 9.64 Å². The van der Waals surface area contributed by atoms with Crippen LogP contribution in [0, 0.1) is 0 Å². The largest absolute Gasteiger partial charge is 0.471 e. The predicted octanol–water partition coefficient (Wildman–Crippen LogP) is 1.24. The van der Waals surface area contributed by atoms with E-state index in [1.807, 2.05) is 4.90 Å². The van der Waals surface area contributed by atoms with Gasteiger partial charge in [-0.15, -0.1) is 5.10 Å². The molecule has 2 unspecified atom stereocenters. The van der Waals surface area contributed by atoms with E-state index in [0.717, 1.165) is 47.8 Å². The molecule has 146 valence electrons. The molecule has 2 aliphatic heterocycles. The van der Waals surface area contributed by atoms with Gasteiger partial charge in [0.2, 0.25) is 11.8 Å². The second-order valence-electron chi connectivity index (χ2n) is 7.45. The van der Waals surface area contributed by atoms with Gasteiger partial charge in [-0.05, 0) is 25.3 Å². The number of rotatable bonds is 4. The minimum absolute atomic E-state index is 0.0607. The molecule has 9 heteroatoms. The summed E-state index contributed by atoms with van der Waals surface area (Å²) in [5.41, 5.74) is 1.87. The average molecular weight is 399 g/mol. The number of likely N-dealkylation sites (tertiary alicyclic amines) is 1. The molecule has 0 saturated carbocycles. The molecule has 0 radical (unpaired) electrons. The molecule has 3 aliphatic rings. The Labute approximate surface area is 166 Å². The summed E-state index contributed by atoms with van der Waals surface area (Å²) >= 11 is 1.58. The van der Waals surface area contributed by atoms with Crippen molar-refractivity contribution in [3.05, 3.63) is 39.9 Å². The summed E-state index contributed by atoms with van der Waals surface area (Å²) in [6.07, 6.45) is 5.32. The van der Waals surface area contributed by atoms with E-state index in [1.165, 1.54) is 0 Å². The highest BCUT2D eigenvalue weighted by Gasteiger charge is 2.34. The number of hydrogen-bond acceptors (Lipinski definition) is 7. The molecule has 28 heavy (non-hydrogen) atoms. The summed E-state index contributed by atoms with van der Waals surface area (Å²) in [7, 11) is 0. The number of nitrogens with zero attached hydrogens (tertiary/aromatic N) is 5. The van der Waals surface area contributed by atoms with Gasteiger partial charge in [0.15, 0.2) is 5.16 Å². The number of fused-ring (bicyclic) bond motifs is 2. The molecule has 1 amide bonds. The third-order valence-corrected chi connectivity index (χ3v) is 6.71. The molecule has 1 aliphatic carbocycles. The smallest absolute Gasteiger partial charge is 0.257 e. The van der Waals surface area contributed by atoms with Crippen LogP contribution in [-0.4, -0.2) is 55.5 Å². The molecule has 0 aromatic carbocycles. The van der Waals surface area contributed by atoms with Crippen LogP contribution in [0.2, 0.25) is 0 Å². The van der Waals surface area contributed by atoms with Crippen molar-refractivity contribution in [3.63, 3.8) is 0 Å². The number of thioether (sulfide) groups is 1. The first kappa shape index (κ1) is 17.7. The van der Waals surface area contributed by atoms with Gasteiger partial charge in [-0.3, -0.25) is 14.2 Å². The number of hydrogen-bond donors (Lipinski definition) is 0. The van der Waals surface area contributed by atoms with E-state index in [1.54, 1.807) is 34.7 Å². The van der Waals surface area contributed by atoms with Crippen molar-refractivity contribution < 1.29 is 9.53 Å². The topological polar surface area (TPSA) is 90.2 Å². The molecule has 0 bridgehead atoms. The number of ether oxygens (including phenoxy) is 1. The number of carbonyl (C=O) groups is 1. The second-order valence-corrected chi connectivity index (χ2v) is 8.43. The molecule has 2 aromatic rings. The molecule has 8 nitrogen and oxygen atoms in total. The Hall–Kier alpha value is -2.42. The summed E-state index contributed by atoms with van der Waals surface area (Å²) < 4.78 is 7.57. The first-order valence-electron chi connectivity index (χ1n) is 9.68. The van der Waals surface area contributed by atoms with Crippen molar-refractivity contribution in [2.24, 2.45) is 0 Å². The fourth-order valence-corrected chi connectivity index (χ4v) is 5.36. The van der Waals surface area contributed by atoms with Crippen molar-refractivity contribution in [3.8, 4) is 5.88 Å². The van der Waals surface area contributed by atoms with Gasteiger partial charge in [-0.1, -0.05) is 11.8 Å². The first-order valence-corrected chi connectivity index (χ1v) is 10.7. The van der Waals surface area contributed by atoms with Gasteiger partial charge in [0, 0.05) is 43.0 Å². The minimum atomic E-state index is -0.113. The van der Waals surface area contributed by atoms with Crippen molar-refractivity contribution in [2.45, 2.75) is 49.4 Å². The van der Waals surface area contributed by atoms with Crippen LogP contribution in [0.1, 0.15) is 36.6 Å². The summed E-state index contributed by atoms with van der Waals surface area (Å²) in [6, 6.07) is 3.43. The number of carbonyl (C=O) groups excluding carboxylic acids is 1. The molecular weight excluding hydrogens is 378 g/mol. The second kappa shape index (κ2) is 7.20. The van der Waals surface area contributed by atoms with E-state index < -0.39 is 0 Å². The number of amides is 1. The van der Waals surface area contributed by atoms with Crippen LogP contribution in [0.3, 0.4) is 0 Å². The monoisotopic (exact) mass is 399 g/mol. The maximum Gasteiger partial charge on any atom is 0.257 e. The normalized spacial score (nSPS) is 22.9. The Morgan fingerprint density at radius 2 is 2.29 bits per heavy atom. The van der Waals surface area contributed by atoms with Crippen LogP contribution in [0.25, 0.3) is 0 Å². The zero-order chi connectivity index (χ0) is 19.1. The van der Waals surface area contributed by atoms with Crippen LogP contribution < -0.4 is 10.3 Å². The maximum absolute atomic E-state index is 12.9. The average Bonchev–Trinajstić information content (AvgIpc) is 3.43. The van der Waals surface area contributed by atoms with Crippen LogP contribution in [0.4, 0.5) is 0 Å². The summed E-state index contributed by atoms with van der Waals surface area (Å²) in [5, 5.41) is 8.51. The van der Waals surface area contributed by atoms with E-state index in [9.17, 15) is 9.59 Å². The first-order chi connectivity index (χ1) is 13.7. The van der Waals surface area contributed by atoms with E-state index in [2.05, 4.69) is 15.2 Å². The molecular formula is C19H21N5O3S. The number of aryl methyl sites for hydroxylation is 1. The highest BCUT2D eigenvalue weighted by Crippen LogP contribution is 2.34. The van der Waals surface area contributed by atoms with Crippen LogP contribution in [0.15, 0.2) is 28.3 Å². The molecule has 1 saturated heterocycles. The van der Waals surface area contributed by atoms with E-state index in [0.29, 0.717) is 25.4 Å². The lowest BCUT2D eigenvalue weighted by Crippen LogP contribution is -2.35. The van der Waals surface area contributed by atoms with E-state index in [-0.39, 0.29) is 23.6 Å². The molecule has 1 fully saturated rings. The summed E-state index contributed by atoms with van der Waals surface area (Å²) in [6.45, 7) is 1.20. The number of aromatic nitrogens is 4. The standard InChI is InChI=1S/C19H21N5O3S/c25-17(23-8-6-13(10-23)27-16-5-2-7-20-22-16)9-12-11-28-19-21-15-4-1-3-14(15)18(26)24(12)19/h2,5,7,12-13H,1,3-4,6,8-11H2. The quantitative estimate of drug-likeness (QED) is 0.715. The van der Waals surface area contributed by atoms with E-state index in [4.69, 9.17) is 4.74 Å². The highest BCUT2D eigenvalue weighted by molar-refractivity contribution is 7.99. The van der Waals surface area contributed by atoms with E-state index >= 15 is 0 Å². The van der Waals surface area contributed by atoms with Crippen molar-refractivity contribution >= 4 is 17.7 Å². The Bertz CT molecular complexity index is 964. The molecule has 4 heterocycles. The highest BCUT2D eigenvalue weighted by atomic mass is 32.2. The molecule has 0 N–H and O–H groups in total. The lowest BCUT2D eigenvalue weighted by molar-refractivity contribution is -0.131. The van der Waals surface area contributed by atoms with Crippen molar-refractivity contribution in [1.82, 2.24) is 24.6 Å². The molecule has 2 aromatic heterocycles. The molecule has 2 atom stereocenters. The van der Waals surface area contributed by atoms with Crippen LogP contribution in [-0.2, 0) is 17.6 Å². The predicted molar refractivity (Wildman–Crippen MR) is 103 cm³/mol. The fourth-order valence-electron chi connectivity index (χ4n) is 4.21.